The van der Waals surface area contributed by atoms with Crippen molar-refractivity contribution in [1.29, 1.82) is 0 Å². The molecule has 0 spiro atoms. The molecule has 0 saturated carbocycles. The molecule has 2 heterocycles. The first-order valence-corrected chi connectivity index (χ1v) is 7.23. The molecule has 0 radical (unpaired) electrons. The SMILES string of the molecule is [2H]c1c([2H])c([2H])c2c(CC(=O)O[C@@H]3O[C@H](CO)[C@@H](O)[C@H](O)[C@H]3O)c[nH]c2c1[2H]. The van der Waals surface area contributed by atoms with Crippen LogP contribution in [0.5, 0.6) is 0 Å². The standard InChI is InChI=1S/C16H19NO7/c18-7-11-13(20)14(21)15(22)16(23-11)24-12(19)5-8-6-17-10-4-2-1-3-9(8)10/h1-4,6,11,13-18,20-22H,5,7H2/t11-,13-,14+,15-,16+/m1/s1/i1D,2D,3D,4D. The van der Waals surface area contributed by atoms with Crippen LogP contribution in [0.25, 0.3) is 10.9 Å². The molecule has 0 amide bonds. The molecule has 5 N–H and O–H groups in total. The van der Waals surface area contributed by atoms with Crippen LogP contribution in [0.2, 0.25) is 0 Å². The van der Waals surface area contributed by atoms with Gasteiger partial charge in [0.2, 0.25) is 6.29 Å². The summed E-state index contributed by atoms with van der Waals surface area (Å²) in [7, 11) is 0. The number of aromatic amines is 1. The summed E-state index contributed by atoms with van der Waals surface area (Å²) in [5, 5.41) is 38.7. The van der Waals surface area contributed by atoms with E-state index in [0.29, 0.717) is 0 Å². The van der Waals surface area contributed by atoms with E-state index in [-0.39, 0.29) is 28.6 Å². The van der Waals surface area contributed by atoms with Gasteiger partial charge in [-0.25, -0.2) is 0 Å². The van der Waals surface area contributed by atoms with Crippen LogP contribution in [0.1, 0.15) is 11.0 Å². The second-order valence-corrected chi connectivity index (χ2v) is 5.43. The monoisotopic (exact) mass is 341 g/mol. The van der Waals surface area contributed by atoms with E-state index < -0.39 is 61.8 Å². The van der Waals surface area contributed by atoms with Gasteiger partial charge in [-0.05, 0) is 11.6 Å². The quantitative estimate of drug-likeness (QED) is 0.453. The number of H-pyrrole nitrogens is 1. The average molecular weight is 341 g/mol. The maximum atomic E-state index is 12.3. The molecule has 5 atom stereocenters. The number of aliphatic hydroxyl groups excluding tert-OH is 4. The van der Waals surface area contributed by atoms with E-state index in [0.717, 1.165) is 0 Å². The Bertz CT molecular complexity index is 903. The maximum Gasteiger partial charge on any atom is 0.312 e. The van der Waals surface area contributed by atoms with Gasteiger partial charge in [-0.2, -0.15) is 0 Å². The van der Waals surface area contributed by atoms with Gasteiger partial charge in [0.25, 0.3) is 0 Å². The normalized spacial score (nSPS) is 32.8. The highest BCUT2D eigenvalue weighted by molar-refractivity contribution is 5.87. The number of hydrogen-bond acceptors (Lipinski definition) is 7. The minimum Gasteiger partial charge on any atom is -0.432 e. The molecule has 24 heavy (non-hydrogen) atoms. The zero-order valence-electron chi connectivity index (χ0n) is 16.4. The van der Waals surface area contributed by atoms with Crippen molar-refractivity contribution in [2.45, 2.75) is 37.1 Å². The van der Waals surface area contributed by atoms with Crippen LogP contribution in [0.4, 0.5) is 0 Å². The number of esters is 1. The molecule has 1 saturated heterocycles. The first-order chi connectivity index (χ1) is 13.2. The van der Waals surface area contributed by atoms with Crippen molar-refractivity contribution in [3.63, 3.8) is 0 Å². The van der Waals surface area contributed by atoms with Crippen molar-refractivity contribution in [2.75, 3.05) is 6.61 Å². The fourth-order valence-electron chi connectivity index (χ4n) is 2.52. The van der Waals surface area contributed by atoms with Gasteiger partial charge in [0.1, 0.15) is 24.4 Å². The van der Waals surface area contributed by atoms with Crippen LogP contribution in [0.3, 0.4) is 0 Å². The lowest BCUT2D eigenvalue weighted by Gasteiger charge is -2.39. The zero-order chi connectivity index (χ0) is 20.7. The van der Waals surface area contributed by atoms with E-state index in [1.807, 2.05) is 0 Å². The van der Waals surface area contributed by atoms with E-state index in [4.69, 9.17) is 20.1 Å². The second-order valence-electron chi connectivity index (χ2n) is 5.43. The summed E-state index contributed by atoms with van der Waals surface area (Å²) in [5.74, 6) is -0.905. The molecule has 8 heteroatoms. The number of ether oxygens (including phenoxy) is 2. The number of fused-ring (bicyclic) bond motifs is 1. The fraction of sp³-hybridized carbons (Fsp3) is 0.438. The summed E-state index contributed by atoms with van der Waals surface area (Å²) in [5.41, 5.74) is 0.387. The third kappa shape index (κ3) is 3.14. The van der Waals surface area contributed by atoms with Crippen LogP contribution in [-0.2, 0) is 20.7 Å². The second kappa shape index (κ2) is 6.88. The van der Waals surface area contributed by atoms with Gasteiger partial charge >= 0.3 is 5.97 Å². The number of hydrogen-bond donors (Lipinski definition) is 5. The summed E-state index contributed by atoms with van der Waals surface area (Å²) in [6.45, 7) is -0.669. The minimum absolute atomic E-state index is 0.136. The predicted octanol–water partition coefficient (Wildman–Crippen LogP) is -0.947. The highest BCUT2D eigenvalue weighted by Crippen LogP contribution is 2.23. The Morgan fingerprint density at radius 2 is 2.00 bits per heavy atom. The number of para-hydroxylation sites is 1. The van der Waals surface area contributed by atoms with E-state index in [1.54, 1.807) is 0 Å². The molecule has 2 aromatic rings. The van der Waals surface area contributed by atoms with Crippen LogP contribution in [0, 0.1) is 0 Å². The smallest absolute Gasteiger partial charge is 0.312 e. The third-order valence-electron chi connectivity index (χ3n) is 3.83. The molecule has 1 aromatic carbocycles. The Hall–Kier alpha value is -1.97. The molecule has 3 rings (SSSR count). The molecule has 1 aliphatic heterocycles. The number of carbonyl (C=O) groups excluding carboxylic acids is 1. The van der Waals surface area contributed by atoms with Crippen molar-refractivity contribution in [1.82, 2.24) is 4.98 Å². The van der Waals surface area contributed by atoms with Gasteiger partial charge in [-0.15, -0.1) is 0 Å². The number of aliphatic hydroxyl groups is 4. The molecule has 0 unspecified atom stereocenters. The van der Waals surface area contributed by atoms with E-state index in [1.165, 1.54) is 6.20 Å². The lowest BCUT2D eigenvalue weighted by atomic mass is 9.99. The molecule has 130 valence electrons. The summed E-state index contributed by atoms with van der Waals surface area (Å²) < 4.78 is 41.4. The molecule has 0 bridgehead atoms. The Morgan fingerprint density at radius 1 is 1.25 bits per heavy atom. The topological polar surface area (TPSA) is 132 Å². The van der Waals surface area contributed by atoms with Gasteiger partial charge in [0, 0.05) is 17.1 Å². The van der Waals surface area contributed by atoms with Crippen molar-refractivity contribution < 1.29 is 40.2 Å². The molecular formula is C16H19NO7. The number of aromatic nitrogens is 1. The average Bonchev–Trinajstić information content (AvgIpc) is 3.08. The molecule has 8 nitrogen and oxygen atoms in total. The number of carbonyl (C=O) groups is 1. The van der Waals surface area contributed by atoms with Crippen LogP contribution in [0.15, 0.2) is 30.4 Å². The summed E-state index contributed by atoms with van der Waals surface area (Å²) in [6, 6.07) is -1.44. The number of benzene rings is 1. The lowest BCUT2D eigenvalue weighted by molar-refractivity contribution is -0.292. The number of nitrogens with one attached hydrogen (secondary N) is 1. The van der Waals surface area contributed by atoms with Crippen molar-refractivity contribution in [2.24, 2.45) is 0 Å². The van der Waals surface area contributed by atoms with Gasteiger partial charge in [-0.3, -0.25) is 4.79 Å². The van der Waals surface area contributed by atoms with Gasteiger partial charge in [-0.1, -0.05) is 18.1 Å². The minimum atomic E-state index is -1.73. The van der Waals surface area contributed by atoms with E-state index in [2.05, 4.69) is 4.98 Å². The molecule has 1 aliphatic rings. The Balaban J connectivity index is 1.80. The van der Waals surface area contributed by atoms with E-state index >= 15 is 0 Å². The maximum absolute atomic E-state index is 12.3. The highest BCUT2D eigenvalue weighted by Gasteiger charge is 2.45. The summed E-state index contributed by atoms with van der Waals surface area (Å²) in [4.78, 5) is 15.0. The fourth-order valence-corrected chi connectivity index (χ4v) is 2.52. The first kappa shape index (κ1) is 12.4. The van der Waals surface area contributed by atoms with Crippen molar-refractivity contribution in [3.8, 4) is 0 Å². The predicted molar refractivity (Wildman–Crippen MR) is 81.9 cm³/mol. The largest absolute Gasteiger partial charge is 0.432 e. The Kier molecular flexibility index (Phi) is 3.55. The Morgan fingerprint density at radius 3 is 2.75 bits per heavy atom. The lowest BCUT2D eigenvalue weighted by Crippen LogP contribution is -2.59. The van der Waals surface area contributed by atoms with Gasteiger partial charge < -0.3 is 34.9 Å². The van der Waals surface area contributed by atoms with Gasteiger partial charge in [0.15, 0.2) is 0 Å². The first-order valence-electron chi connectivity index (χ1n) is 9.23. The van der Waals surface area contributed by atoms with Crippen molar-refractivity contribution >= 4 is 16.9 Å². The third-order valence-corrected chi connectivity index (χ3v) is 3.83. The summed E-state index contributed by atoms with van der Waals surface area (Å²) in [6.07, 6.45) is -6.91. The van der Waals surface area contributed by atoms with E-state index in [9.17, 15) is 20.1 Å². The van der Waals surface area contributed by atoms with Crippen LogP contribution in [-0.4, -0.2) is 68.7 Å². The Labute approximate surface area is 142 Å². The highest BCUT2D eigenvalue weighted by atomic mass is 16.7. The summed E-state index contributed by atoms with van der Waals surface area (Å²) >= 11 is 0. The molecular weight excluding hydrogens is 318 g/mol. The molecule has 1 fully saturated rings. The molecule has 0 aliphatic carbocycles. The van der Waals surface area contributed by atoms with Crippen LogP contribution >= 0.6 is 0 Å². The van der Waals surface area contributed by atoms with Gasteiger partial charge in [0.05, 0.1) is 18.5 Å². The van der Waals surface area contributed by atoms with Crippen molar-refractivity contribution in [3.05, 3.63) is 35.9 Å². The zero-order valence-corrected chi connectivity index (χ0v) is 12.4. The molecule has 1 aromatic heterocycles. The van der Waals surface area contributed by atoms with Crippen LogP contribution < -0.4 is 0 Å². The number of rotatable bonds is 4.